The molecule has 0 spiro atoms. The molecule has 6 rings (SSSR count). The predicted octanol–water partition coefficient (Wildman–Crippen LogP) is 2.37. The number of sulfonamides is 1. The van der Waals surface area contributed by atoms with Crippen LogP contribution in [0.3, 0.4) is 0 Å². The highest BCUT2D eigenvalue weighted by Gasteiger charge is 2.51. The second-order valence-corrected chi connectivity index (χ2v) is 10.7. The first-order chi connectivity index (χ1) is 13.4. The molecule has 1 amide bonds. The molecule has 1 heterocycles. The van der Waals surface area contributed by atoms with Gasteiger partial charge in [0.2, 0.25) is 5.91 Å². The van der Waals surface area contributed by atoms with E-state index in [-0.39, 0.29) is 16.2 Å². The van der Waals surface area contributed by atoms with E-state index in [1.54, 1.807) is 6.07 Å². The van der Waals surface area contributed by atoms with Gasteiger partial charge in [-0.05, 0) is 73.8 Å². The number of carbonyl (C=O) groups excluding carboxylic acids is 1. The molecule has 8 heteroatoms. The minimum absolute atomic E-state index is 0.0341. The average molecular weight is 407 g/mol. The minimum atomic E-state index is -3.87. The molecule has 152 valence electrons. The van der Waals surface area contributed by atoms with E-state index in [1.807, 2.05) is 0 Å². The smallest absolute Gasteiger partial charge is 0.257 e. The number of fused-ring (bicyclic) bond motifs is 1. The molecule has 0 radical (unpaired) electrons. The van der Waals surface area contributed by atoms with Crippen LogP contribution >= 0.6 is 0 Å². The molecule has 0 saturated heterocycles. The molecule has 0 atom stereocenters. The third-order valence-corrected chi connectivity index (χ3v) is 8.09. The lowest BCUT2D eigenvalue weighted by atomic mass is 9.49. The van der Waals surface area contributed by atoms with Crippen LogP contribution in [0.15, 0.2) is 23.1 Å². The molecule has 28 heavy (non-hydrogen) atoms. The van der Waals surface area contributed by atoms with Gasteiger partial charge in [0.05, 0.1) is 4.90 Å². The van der Waals surface area contributed by atoms with Gasteiger partial charge in [-0.25, -0.2) is 8.42 Å². The Morgan fingerprint density at radius 2 is 1.61 bits per heavy atom. The van der Waals surface area contributed by atoms with Gasteiger partial charge in [0.1, 0.15) is 13.2 Å². The van der Waals surface area contributed by atoms with Crippen LogP contribution < -0.4 is 19.7 Å². The zero-order chi connectivity index (χ0) is 19.4. The molecule has 1 aliphatic heterocycles. The summed E-state index contributed by atoms with van der Waals surface area (Å²) in [7, 11) is -3.87. The molecule has 0 aromatic heterocycles. The Hall–Kier alpha value is -1.80. The second kappa shape index (κ2) is 6.62. The van der Waals surface area contributed by atoms with E-state index in [2.05, 4.69) is 10.3 Å². The predicted molar refractivity (Wildman–Crippen MR) is 101 cm³/mol. The van der Waals surface area contributed by atoms with Gasteiger partial charge in [0.15, 0.2) is 11.5 Å². The molecule has 4 aliphatic carbocycles. The van der Waals surface area contributed by atoms with Crippen molar-refractivity contribution in [1.82, 2.24) is 10.3 Å². The summed E-state index contributed by atoms with van der Waals surface area (Å²) < 4.78 is 36.0. The van der Waals surface area contributed by atoms with E-state index in [0.717, 1.165) is 37.0 Å². The third kappa shape index (κ3) is 3.37. The van der Waals surface area contributed by atoms with Crippen LogP contribution in [0.5, 0.6) is 11.5 Å². The largest absolute Gasteiger partial charge is 0.486 e. The second-order valence-electron chi connectivity index (χ2n) is 9.05. The van der Waals surface area contributed by atoms with Crippen molar-refractivity contribution < 1.29 is 22.7 Å². The van der Waals surface area contributed by atoms with Crippen molar-refractivity contribution in [3.63, 3.8) is 0 Å². The normalized spacial score (nSPS) is 32.9. The maximum Gasteiger partial charge on any atom is 0.257 e. The molecule has 1 aromatic carbocycles. The van der Waals surface area contributed by atoms with Crippen molar-refractivity contribution in [2.75, 3.05) is 13.2 Å². The summed E-state index contributed by atoms with van der Waals surface area (Å²) in [5.41, 5.74) is 2.50. The fourth-order valence-corrected chi connectivity index (χ4v) is 7.14. The van der Waals surface area contributed by atoms with E-state index < -0.39 is 10.0 Å². The highest BCUT2D eigenvalue weighted by molar-refractivity contribution is 7.89. The van der Waals surface area contributed by atoms with Crippen molar-refractivity contribution in [3.8, 4) is 11.5 Å². The number of carbonyl (C=O) groups is 1. The third-order valence-electron chi connectivity index (χ3n) is 6.85. The topological polar surface area (TPSA) is 93.7 Å². The SMILES string of the molecule is O=C(CC12CC3CC(CC(C3)C1)C2)NNS(=O)(=O)c1ccc2c(c1)OCCO2. The molecule has 4 saturated carbocycles. The molecular formula is C20H26N2O5S. The summed E-state index contributed by atoms with van der Waals surface area (Å²) in [4.78, 5) is 14.8. The summed E-state index contributed by atoms with van der Waals surface area (Å²) >= 11 is 0. The Morgan fingerprint density at radius 1 is 1.00 bits per heavy atom. The lowest BCUT2D eigenvalue weighted by molar-refractivity contribution is -0.129. The Bertz CT molecular complexity index is 863. The first kappa shape index (κ1) is 18.2. The number of hydrogen-bond donors (Lipinski definition) is 2. The molecule has 5 aliphatic rings. The lowest BCUT2D eigenvalue weighted by Gasteiger charge is -2.56. The maximum absolute atomic E-state index is 12.6. The Balaban J connectivity index is 1.23. The zero-order valence-corrected chi connectivity index (χ0v) is 16.6. The quantitative estimate of drug-likeness (QED) is 0.733. The van der Waals surface area contributed by atoms with Crippen molar-refractivity contribution in [2.45, 2.75) is 49.8 Å². The Kier molecular flexibility index (Phi) is 4.32. The first-order valence-electron chi connectivity index (χ1n) is 10.1. The van der Waals surface area contributed by atoms with E-state index in [0.29, 0.717) is 31.1 Å². The number of hydrazine groups is 1. The summed E-state index contributed by atoms with van der Waals surface area (Å²) in [6.07, 6.45) is 7.69. The molecule has 1 aromatic rings. The van der Waals surface area contributed by atoms with Crippen LogP contribution in [0.1, 0.15) is 44.9 Å². The highest BCUT2D eigenvalue weighted by Crippen LogP contribution is 2.61. The molecular weight excluding hydrogens is 380 g/mol. The van der Waals surface area contributed by atoms with Crippen LogP contribution in [0.25, 0.3) is 0 Å². The van der Waals surface area contributed by atoms with Gasteiger partial charge in [-0.3, -0.25) is 10.2 Å². The van der Waals surface area contributed by atoms with Crippen molar-refractivity contribution in [1.29, 1.82) is 0 Å². The van der Waals surface area contributed by atoms with Crippen LogP contribution in [0.2, 0.25) is 0 Å². The van der Waals surface area contributed by atoms with E-state index in [9.17, 15) is 13.2 Å². The van der Waals surface area contributed by atoms with Crippen molar-refractivity contribution >= 4 is 15.9 Å². The Labute approximate surface area is 165 Å². The summed E-state index contributed by atoms with van der Waals surface area (Å²) in [6, 6.07) is 4.43. The number of benzene rings is 1. The summed E-state index contributed by atoms with van der Waals surface area (Å²) in [5.74, 6) is 2.95. The molecule has 7 nitrogen and oxygen atoms in total. The average Bonchev–Trinajstić information content (AvgIpc) is 2.64. The summed E-state index contributed by atoms with van der Waals surface area (Å²) in [6.45, 7) is 0.823. The van der Waals surface area contributed by atoms with Gasteiger partial charge in [-0.15, -0.1) is 4.83 Å². The number of nitrogens with one attached hydrogen (secondary N) is 2. The van der Waals surface area contributed by atoms with E-state index in [1.165, 1.54) is 31.4 Å². The van der Waals surface area contributed by atoms with E-state index in [4.69, 9.17) is 9.47 Å². The molecule has 4 fully saturated rings. The van der Waals surface area contributed by atoms with Crippen LogP contribution in [0, 0.1) is 23.2 Å². The van der Waals surface area contributed by atoms with Crippen LogP contribution in [-0.2, 0) is 14.8 Å². The monoisotopic (exact) mass is 406 g/mol. The van der Waals surface area contributed by atoms with Gasteiger partial charge in [0.25, 0.3) is 10.0 Å². The fraction of sp³-hybridized carbons (Fsp3) is 0.650. The number of ether oxygens (including phenoxy) is 2. The molecule has 2 N–H and O–H groups in total. The van der Waals surface area contributed by atoms with Crippen LogP contribution in [-0.4, -0.2) is 27.5 Å². The lowest BCUT2D eigenvalue weighted by Crippen LogP contribution is -2.50. The Morgan fingerprint density at radius 3 is 2.25 bits per heavy atom. The maximum atomic E-state index is 12.6. The van der Waals surface area contributed by atoms with Gasteiger partial charge in [-0.1, -0.05) is 0 Å². The number of hydrogen-bond acceptors (Lipinski definition) is 5. The molecule has 4 bridgehead atoms. The minimum Gasteiger partial charge on any atom is -0.486 e. The standard InChI is InChI=1S/C20H26N2O5S/c23-19(12-20-9-13-5-14(10-20)7-15(6-13)11-20)21-22-28(24,25)16-1-2-17-18(8-16)27-4-3-26-17/h1-2,8,13-15,22H,3-7,9-12H2,(H,21,23). The van der Waals surface area contributed by atoms with Gasteiger partial charge in [-0.2, -0.15) is 0 Å². The van der Waals surface area contributed by atoms with Gasteiger partial charge >= 0.3 is 0 Å². The van der Waals surface area contributed by atoms with Gasteiger partial charge < -0.3 is 9.47 Å². The number of rotatable bonds is 5. The van der Waals surface area contributed by atoms with Crippen molar-refractivity contribution in [3.05, 3.63) is 18.2 Å². The van der Waals surface area contributed by atoms with Crippen LogP contribution in [0.4, 0.5) is 0 Å². The van der Waals surface area contributed by atoms with Gasteiger partial charge in [0, 0.05) is 12.5 Å². The summed E-state index contributed by atoms with van der Waals surface area (Å²) in [5, 5.41) is 0. The van der Waals surface area contributed by atoms with Crippen molar-refractivity contribution in [2.24, 2.45) is 23.2 Å². The molecule has 0 unspecified atom stereocenters. The highest BCUT2D eigenvalue weighted by atomic mass is 32.2. The fourth-order valence-electron chi connectivity index (χ4n) is 6.27. The first-order valence-corrected chi connectivity index (χ1v) is 11.6. The van der Waals surface area contributed by atoms with E-state index >= 15 is 0 Å². The zero-order valence-electron chi connectivity index (χ0n) is 15.8. The number of amides is 1.